The second-order valence-electron chi connectivity index (χ2n) is 1.77. The molecule has 0 heterocycles. The number of benzene rings is 1. The predicted octanol–water partition coefficient (Wildman–Crippen LogP) is 2.92. The Morgan fingerprint density at radius 3 is 2.36 bits per heavy atom. The number of nitrogens with one attached hydrogen (secondary N) is 1. The minimum Gasteiger partial charge on any atom is -0.323 e. The largest absolute Gasteiger partial charge is 0.323 e. The molecule has 0 aliphatic heterocycles. The molecule has 11 heavy (non-hydrogen) atoms. The SMILES string of the molecule is Cl.NNc1cc(Br)ccc1Br. The second-order valence-corrected chi connectivity index (χ2v) is 3.54. The standard InChI is InChI=1S/C6H6Br2N2.ClH/c7-4-1-2-5(8)6(3-4)10-9;/h1-3,10H,9H2;1H. The van der Waals surface area contributed by atoms with Crippen LogP contribution in [0.2, 0.25) is 0 Å². The monoisotopic (exact) mass is 300 g/mol. The molecule has 1 aromatic rings. The van der Waals surface area contributed by atoms with Crippen LogP contribution in [0.15, 0.2) is 27.1 Å². The maximum atomic E-state index is 5.22. The molecule has 0 radical (unpaired) electrons. The average molecular weight is 302 g/mol. The molecular weight excluding hydrogens is 295 g/mol. The van der Waals surface area contributed by atoms with Crippen LogP contribution < -0.4 is 11.3 Å². The van der Waals surface area contributed by atoms with E-state index < -0.39 is 0 Å². The van der Waals surface area contributed by atoms with Crippen molar-refractivity contribution in [1.82, 2.24) is 0 Å². The van der Waals surface area contributed by atoms with E-state index in [0.717, 1.165) is 14.6 Å². The fraction of sp³-hybridized carbons (Fsp3) is 0. The lowest BCUT2D eigenvalue weighted by Gasteiger charge is -2.01. The number of halogens is 3. The summed E-state index contributed by atoms with van der Waals surface area (Å²) in [5.74, 6) is 5.22. The summed E-state index contributed by atoms with van der Waals surface area (Å²) >= 11 is 6.65. The summed E-state index contributed by atoms with van der Waals surface area (Å²) in [7, 11) is 0. The van der Waals surface area contributed by atoms with Gasteiger partial charge in [0.2, 0.25) is 0 Å². The van der Waals surface area contributed by atoms with E-state index in [1.165, 1.54) is 0 Å². The van der Waals surface area contributed by atoms with Gasteiger partial charge in [-0.25, -0.2) is 0 Å². The van der Waals surface area contributed by atoms with Gasteiger partial charge in [0.05, 0.1) is 5.69 Å². The molecule has 0 aliphatic rings. The lowest BCUT2D eigenvalue weighted by atomic mass is 10.3. The molecule has 0 unspecified atom stereocenters. The van der Waals surface area contributed by atoms with Gasteiger partial charge < -0.3 is 5.43 Å². The minimum absolute atomic E-state index is 0. The van der Waals surface area contributed by atoms with Gasteiger partial charge in [-0.3, -0.25) is 5.84 Å². The van der Waals surface area contributed by atoms with Crippen LogP contribution in [0, 0.1) is 0 Å². The van der Waals surface area contributed by atoms with Crippen LogP contribution in [0.4, 0.5) is 5.69 Å². The highest BCUT2D eigenvalue weighted by atomic mass is 79.9. The van der Waals surface area contributed by atoms with Crippen LogP contribution in [0.1, 0.15) is 0 Å². The Balaban J connectivity index is 0.000001000. The molecule has 62 valence electrons. The van der Waals surface area contributed by atoms with E-state index in [0.29, 0.717) is 0 Å². The summed E-state index contributed by atoms with van der Waals surface area (Å²) in [5.41, 5.74) is 3.43. The first-order chi connectivity index (χ1) is 4.74. The van der Waals surface area contributed by atoms with E-state index >= 15 is 0 Å². The van der Waals surface area contributed by atoms with Crippen molar-refractivity contribution in [1.29, 1.82) is 0 Å². The van der Waals surface area contributed by atoms with Gasteiger partial charge in [0, 0.05) is 8.95 Å². The average Bonchev–Trinajstić information content (AvgIpc) is 1.94. The van der Waals surface area contributed by atoms with Gasteiger partial charge in [0.1, 0.15) is 0 Å². The molecule has 0 amide bonds. The van der Waals surface area contributed by atoms with Crippen LogP contribution in [-0.2, 0) is 0 Å². The minimum atomic E-state index is 0. The highest BCUT2D eigenvalue weighted by Gasteiger charge is 1.96. The van der Waals surface area contributed by atoms with Gasteiger partial charge in [-0.05, 0) is 34.1 Å². The summed E-state index contributed by atoms with van der Waals surface area (Å²) in [4.78, 5) is 0. The molecule has 3 N–H and O–H groups in total. The quantitative estimate of drug-likeness (QED) is 0.618. The van der Waals surface area contributed by atoms with Gasteiger partial charge in [-0.1, -0.05) is 15.9 Å². The zero-order chi connectivity index (χ0) is 7.56. The zero-order valence-electron chi connectivity index (χ0n) is 5.47. The van der Waals surface area contributed by atoms with E-state index in [9.17, 15) is 0 Å². The lowest BCUT2D eigenvalue weighted by Crippen LogP contribution is -2.06. The predicted molar refractivity (Wildman–Crippen MR) is 56.9 cm³/mol. The van der Waals surface area contributed by atoms with Crippen LogP contribution in [-0.4, -0.2) is 0 Å². The maximum Gasteiger partial charge on any atom is 0.0638 e. The van der Waals surface area contributed by atoms with Crippen molar-refractivity contribution in [3.8, 4) is 0 Å². The van der Waals surface area contributed by atoms with Crippen LogP contribution >= 0.6 is 44.3 Å². The molecule has 0 bridgehead atoms. The van der Waals surface area contributed by atoms with E-state index in [4.69, 9.17) is 5.84 Å². The number of anilines is 1. The van der Waals surface area contributed by atoms with Crippen molar-refractivity contribution in [3.05, 3.63) is 27.1 Å². The molecule has 1 rings (SSSR count). The van der Waals surface area contributed by atoms with Crippen molar-refractivity contribution in [3.63, 3.8) is 0 Å². The van der Waals surface area contributed by atoms with E-state index in [1.54, 1.807) is 0 Å². The summed E-state index contributed by atoms with van der Waals surface area (Å²) in [6.45, 7) is 0. The summed E-state index contributed by atoms with van der Waals surface area (Å²) in [6, 6.07) is 5.74. The molecule has 0 saturated carbocycles. The zero-order valence-corrected chi connectivity index (χ0v) is 9.46. The Morgan fingerprint density at radius 1 is 1.27 bits per heavy atom. The molecule has 1 aromatic carbocycles. The van der Waals surface area contributed by atoms with E-state index in [1.807, 2.05) is 18.2 Å². The molecule has 0 fully saturated rings. The van der Waals surface area contributed by atoms with Gasteiger partial charge in [0.15, 0.2) is 0 Å². The number of nitrogens with two attached hydrogens (primary N) is 1. The first-order valence-corrected chi connectivity index (χ1v) is 4.24. The van der Waals surface area contributed by atoms with Gasteiger partial charge >= 0.3 is 0 Å². The second kappa shape index (κ2) is 4.98. The lowest BCUT2D eigenvalue weighted by molar-refractivity contribution is 1.34. The van der Waals surface area contributed by atoms with Crippen molar-refractivity contribution >= 4 is 50.0 Å². The normalized spacial score (nSPS) is 8.64. The first-order valence-electron chi connectivity index (χ1n) is 2.65. The molecule has 0 aliphatic carbocycles. The van der Waals surface area contributed by atoms with E-state index in [-0.39, 0.29) is 12.4 Å². The smallest absolute Gasteiger partial charge is 0.0638 e. The Kier molecular flexibility index (Phi) is 5.08. The third-order valence-corrected chi connectivity index (χ3v) is 2.27. The highest BCUT2D eigenvalue weighted by molar-refractivity contribution is 9.11. The van der Waals surface area contributed by atoms with Gasteiger partial charge in [0.25, 0.3) is 0 Å². The van der Waals surface area contributed by atoms with Gasteiger partial charge in [-0.15, -0.1) is 12.4 Å². The van der Waals surface area contributed by atoms with Crippen LogP contribution in [0.3, 0.4) is 0 Å². The summed E-state index contributed by atoms with van der Waals surface area (Å²) < 4.78 is 1.96. The Morgan fingerprint density at radius 2 is 1.91 bits per heavy atom. The van der Waals surface area contributed by atoms with Crippen LogP contribution in [0.5, 0.6) is 0 Å². The van der Waals surface area contributed by atoms with E-state index in [2.05, 4.69) is 37.3 Å². The molecule has 0 aromatic heterocycles. The molecule has 2 nitrogen and oxygen atoms in total. The first kappa shape index (κ1) is 11.2. The molecular formula is C6H7Br2ClN2. The molecule has 0 saturated heterocycles. The number of rotatable bonds is 1. The maximum absolute atomic E-state index is 5.22. The fourth-order valence-electron chi connectivity index (χ4n) is 0.608. The Hall–Kier alpha value is 0.230. The van der Waals surface area contributed by atoms with Gasteiger partial charge in [-0.2, -0.15) is 0 Å². The third-order valence-electron chi connectivity index (χ3n) is 1.08. The highest BCUT2D eigenvalue weighted by Crippen LogP contribution is 2.24. The third kappa shape index (κ3) is 2.99. The Bertz CT molecular complexity index is 242. The number of nitrogen functional groups attached to an aromatic ring is 1. The topological polar surface area (TPSA) is 38.0 Å². The number of hydrazine groups is 1. The molecule has 0 spiro atoms. The Labute approximate surface area is 88.2 Å². The number of hydrogen-bond donors (Lipinski definition) is 2. The molecule has 5 heteroatoms. The van der Waals surface area contributed by atoms with Crippen LogP contribution in [0.25, 0.3) is 0 Å². The summed E-state index contributed by atoms with van der Waals surface area (Å²) in [5, 5.41) is 0. The van der Waals surface area contributed by atoms with Crippen molar-refractivity contribution in [2.75, 3.05) is 5.43 Å². The summed E-state index contributed by atoms with van der Waals surface area (Å²) in [6.07, 6.45) is 0. The van der Waals surface area contributed by atoms with Crippen molar-refractivity contribution in [2.24, 2.45) is 5.84 Å². The fourth-order valence-corrected chi connectivity index (χ4v) is 1.33. The number of hydrogen-bond acceptors (Lipinski definition) is 2. The molecule has 0 atom stereocenters. The van der Waals surface area contributed by atoms with Crippen molar-refractivity contribution in [2.45, 2.75) is 0 Å². The van der Waals surface area contributed by atoms with Crippen molar-refractivity contribution < 1.29 is 0 Å².